The van der Waals surface area contributed by atoms with E-state index in [-0.39, 0.29) is 6.04 Å². The van der Waals surface area contributed by atoms with Crippen LogP contribution in [0, 0.1) is 5.92 Å². The first kappa shape index (κ1) is 23.8. The summed E-state index contributed by atoms with van der Waals surface area (Å²) in [5.74, 6) is 0.334. The number of nitrogens with zero attached hydrogens (tertiary/aromatic N) is 3. The van der Waals surface area contributed by atoms with E-state index in [1.807, 2.05) is 0 Å². The van der Waals surface area contributed by atoms with Crippen molar-refractivity contribution in [1.82, 2.24) is 4.98 Å². The predicted molar refractivity (Wildman–Crippen MR) is 164 cm³/mol. The molecule has 0 amide bonds. The maximum absolute atomic E-state index is 5.39. The summed E-state index contributed by atoms with van der Waals surface area (Å²) in [6, 6.07) is 42.8. The number of hydrogen-bond acceptors (Lipinski definition) is 4. The Hall–Kier alpha value is -4.28. The molecule has 5 aromatic rings. The van der Waals surface area contributed by atoms with E-state index in [0.29, 0.717) is 5.92 Å². The lowest BCUT2D eigenvalue weighted by atomic mass is 9.77. The minimum absolute atomic E-state index is 0.124. The van der Waals surface area contributed by atoms with Crippen LogP contribution in [0.3, 0.4) is 0 Å². The fourth-order valence-corrected chi connectivity index (χ4v) is 6.96. The summed E-state index contributed by atoms with van der Waals surface area (Å²) in [4.78, 5) is 6.48. The van der Waals surface area contributed by atoms with Crippen molar-refractivity contribution in [2.75, 3.05) is 5.01 Å². The number of thiazole rings is 1. The van der Waals surface area contributed by atoms with Gasteiger partial charge in [0.05, 0.1) is 22.3 Å². The highest BCUT2D eigenvalue weighted by atomic mass is 32.1. The maximum Gasteiger partial charge on any atom is 0.207 e. The van der Waals surface area contributed by atoms with Crippen LogP contribution in [-0.4, -0.2) is 10.7 Å². The van der Waals surface area contributed by atoms with Crippen LogP contribution in [-0.2, 0) is 0 Å². The lowest BCUT2D eigenvalue weighted by molar-refractivity contribution is 0.487. The summed E-state index contributed by atoms with van der Waals surface area (Å²) in [6.45, 7) is 0. The minimum Gasteiger partial charge on any atom is -0.231 e. The predicted octanol–water partition coefficient (Wildman–Crippen LogP) is 9.28. The molecule has 3 nitrogen and oxygen atoms in total. The molecule has 4 heteroatoms. The number of rotatable bonds is 5. The molecule has 1 fully saturated rings. The first-order chi connectivity index (χ1) is 19.3. The lowest BCUT2D eigenvalue weighted by Gasteiger charge is -2.29. The van der Waals surface area contributed by atoms with Gasteiger partial charge in [-0.2, -0.15) is 5.10 Å². The Labute approximate surface area is 233 Å². The van der Waals surface area contributed by atoms with Crippen LogP contribution >= 0.6 is 11.3 Å². The Morgan fingerprint density at radius 3 is 2.03 bits per heavy atom. The molecule has 1 aromatic heterocycles. The zero-order valence-corrected chi connectivity index (χ0v) is 22.5. The third-order valence-corrected chi connectivity index (χ3v) is 8.77. The zero-order valence-electron chi connectivity index (χ0n) is 21.7. The number of benzene rings is 4. The Morgan fingerprint density at radius 1 is 0.718 bits per heavy atom. The molecule has 39 heavy (non-hydrogen) atoms. The standard InChI is InChI=1S/C35H29N3S/c1-5-14-25(15-6-1)24-29-22-13-23-30-31(29)37-38(33(30)27-18-9-3-10-19-27)35-36-32(26-16-7-2-8-17-26)34(39-35)28-20-11-4-12-21-28/h1-12,14-21,24,30,33H,13,22-23H2/b29-24-/t30-,33+/m1/s1. The summed E-state index contributed by atoms with van der Waals surface area (Å²) in [7, 11) is 0. The van der Waals surface area contributed by atoms with Crippen LogP contribution in [0.4, 0.5) is 5.13 Å². The third-order valence-electron chi connectivity index (χ3n) is 7.68. The normalized spacial score (nSPS) is 19.6. The van der Waals surface area contributed by atoms with Crippen molar-refractivity contribution in [3.63, 3.8) is 0 Å². The van der Waals surface area contributed by atoms with Gasteiger partial charge in [-0.25, -0.2) is 9.99 Å². The molecule has 0 saturated heterocycles. The van der Waals surface area contributed by atoms with Gasteiger partial charge >= 0.3 is 0 Å². The number of allylic oxidation sites excluding steroid dienone is 1. The van der Waals surface area contributed by atoms with E-state index < -0.39 is 0 Å². The molecule has 1 saturated carbocycles. The Bertz CT molecular complexity index is 1570. The topological polar surface area (TPSA) is 28.5 Å². The van der Waals surface area contributed by atoms with Crippen molar-refractivity contribution < 1.29 is 0 Å². The third kappa shape index (κ3) is 4.62. The van der Waals surface area contributed by atoms with Crippen molar-refractivity contribution in [2.45, 2.75) is 25.3 Å². The molecule has 4 aromatic carbocycles. The summed E-state index contributed by atoms with van der Waals surface area (Å²) >= 11 is 1.74. The van der Waals surface area contributed by atoms with Crippen molar-refractivity contribution in [1.29, 1.82) is 0 Å². The molecule has 0 bridgehead atoms. The second-order valence-electron chi connectivity index (χ2n) is 10.2. The van der Waals surface area contributed by atoms with Crippen LogP contribution in [0.5, 0.6) is 0 Å². The van der Waals surface area contributed by atoms with E-state index in [1.165, 1.54) is 39.3 Å². The molecule has 0 unspecified atom stereocenters. The fourth-order valence-electron chi connectivity index (χ4n) is 5.88. The van der Waals surface area contributed by atoms with Crippen molar-refractivity contribution in [3.05, 3.63) is 138 Å². The molecule has 0 spiro atoms. The molecular formula is C35H29N3S. The van der Waals surface area contributed by atoms with Gasteiger partial charge in [-0.05, 0) is 47.6 Å². The summed E-state index contributed by atoms with van der Waals surface area (Å²) in [5, 5.41) is 8.56. The molecule has 0 radical (unpaired) electrons. The van der Waals surface area contributed by atoms with Gasteiger partial charge in [0.25, 0.3) is 0 Å². The quantitative estimate of drug-likeness (QED) is 0.230. The molecule has 2 atom stereocenters. The van der Waals surface area contributed by atoms with E-state index in [1.54, 1.807) is 11.3 Å². The van der Waals surface area contributed by atoms with E-state index in [2.05, 4.69) is 132 Å². The molecule has 7 rings (SSSR count). The molecule has 0 N–H and O–H groups in total. The van der Waals surface area contributed by atoms with Gasteiger partial charge < -0.3 is 0 Å². The van der Waals surface area contributed by atoms with Crippen LogP contribution in [0.25, 0.3) is 27.8 Å². The van der Waals surface area contributed by atoms with Gasteiger partial charge in [0.2, 0.25) is 5.13 Å². The summed E-state index contributed by atoms with van der Waals surface area (Å²) in [6.07, 6.45) is 5.69. The zero-order chi connectivity index (χ0) is 26.0. The largest absolute Gasteiger partial charge is 0.231 e. The summed E-state index contributed by atoms with van der Waals surface area (Å²) < 4.78 is 0. The van der Waals surface area contributed by atoms with Crippen molar-refractivity contribution in [3.8, 4) is 21.7 Å². The van der Waals surface area contributed by atoms with Crippen LogP contribution in [0.15, 0.2) is 132 Å². The first-order valence-electron chi connectivity index (χ1n) is 13.7. The average molecular weight is 524 g/mol. The Kier molecular flexibility index (Phi) is 6.39. The van der Waals surface area contributed by atoms with E-state index in [9.17, 15) is 0 Å². The smallest absolute Gasteiger partial charge is 0.207 e. The van der Waals surface area contributed by atoms with E-state index in [0.717, 1.165) is 29.2 Å². The van der Waals surface area contributed by atoms with Gasteiger partial charge in [-0.3, -0.25) is 0 Å². The molecule has 190 valence electrons. The average Bonchev–Trinajstić information content (AvgIpc) is 3.62. The number of anilines is 1. The van der Waals surface area contributed by atoms with E-state index >= 15 is 0 Å². The van der Waals surface area contributed by atoms with Gasteiger partial charge in [0.1, 0.15) is 0 Å². The highest BCUT2D eigenvalue weighted by molar-refractivity contribution is 7.19. The monoisotopic (exact) mass is 523 g/mol. The number of fused-ring (bicyclic) bond motifs is 1. The van der Waals surface area contributed by atoms with Gasteiger partial charge in [0, 0.05) is 11.5 Å². The lowest BCUT2D eigenvalue weighted by Crippen LogP contribution is -2.28. The Balaban J connectivity index is 1.38. The van der Waals surface area contributed by atoms with Crippen LogP contribution in [0.2, 0.25) is 0 Å². The van der Waals surface area contributed by atoms with Gasteiger partial charge in [-0.15, -0.1) is 0 Å². The SMILES string of the molecule is C(=C1\CCC[C@@H]2C1=NN(c1nc(-c3ccccc3)c(-c3ccccc3)s1)[C@H]2c1ccccc1)/c1ccccc1. The number of hydrazone groups is 1. The Morgan fingerprint density at radius 2 is 1.33 bits per heavy atom. The maximum atomic E-state index is 5.39. The van der Waals surface area contributed by atoms with Gasteiger partial charge in [-0.1, -0.05) is 133 Å². The number of hydrogen-bond donors (Lipinski definition) is 0. The van der Waals surface area contributed by atoms with Crippen LogP contribution < -0.4 is 5.01 Å². The highest BCUT2D eigenvalue weighted by Gasteiger charge is 2.43. The molecular weight excluding hydrogens is 494 g/mol. The first-order valence-corrected chi connectivity index (χ1v) is 14.5. The second kappa shape index (κ2) is 10.5. The van der Waals surface area contributed by atoms with Crippen molar-refractivity contribution >= 4 is 28.3 Å². The van der Waals surface area contributed by atoms with Crippen LogP contribution in [0.1, 0.15) is 36.4 Å². The number of aromatic nitrogens is 1. The van der Waals surface area contributed by atoms with E-state index in [4.69, 9.17) is 10.1 Å². The highest BCUT2D eigenvalue weighted by Crippen LogP contribution is 2.49. The fraction of sp³-hybridized carbons (Fsp3) is 0.143. The molecule has 2 heterocycles. The molecule has 1 aliphatic heterocycles. The molecule has 2 aliphatic rings. The summed E-state index contributed by atoms with van der Waals surface area (Å²) in [5.41, 5.74) is 8.43. The van der Waals surface area contributed by atoms with Crippen molar-refractivity contribution in [2.24, 2.45) is 11.0 Å². The second-order valence-corrected chi connectivity index (χ2v) is 11.1. The van der Waals surface area contributed by atoms with Gasteiger partial charge in [0.15, 0.2) is 0 Å². The molecule has 1 aliphatic carbocycles. The minimum atomic E-state index is 0.124.